The predicted molar refractivity (Wildman–Crippen MR) is 118 cm³/mol. The van der Waals surface area contributed by atoms with E-state index in [4.69, 9.17) is 4.74 Å². The molecule has 1 aromatic heterocycles. The Bertz CT molecular complexity index is 1220. The Morgan fingerprint density at radius 2 is 1.78 bits per heavy atom. The second kappa shape index (κ2) is 8.63. The summed E-state index contributed by atoms with van der Waals surface area (Å²) in [6.45, 7) is 1.21. The number of amides is 1. The first-order valence-corrected chi connectivity index (χ1v) is 10.5. The molecule has 2 heterocycles. The van der Waals surface area contributed by atoms with Crippen molar-refractivity contribution in [2.24, 2.45) is 0 Å². The molecule has 1 amide bonds. The molecule has 1 atom stereocenters. The number of carbonyl (C=O) groups is 1. The van der Waals surface area contributed by atoms with Crippen LogP contribution in [0.3, 0.4) is 0 Å². The van der Waals surface area contributed by atoms with E-state index in [0.29, 0.717) is 30.2 Å². The van der Waals surface area contributed by atoms with Gasteiger partial charge >= 0.3 is 0 Å². The van der Waals surface area contributed by atoms with E-state index in [9.17, 15) is 9.18 Å². The summed E-state index contributed by atoms with van der Waals surface area (Å²) >= 11 is 0. The molecule has 0 bridgehead atoms. The third-order valence-electron chi connectivity index (χ3n) is 5.53. The summed E-state index contributed by atoms with van der Waals surface area (Å²) in [5, 5.41) is 8.58. The van der Waals surface area contributed by atoms with Crippen molar-refractivity contribution in [3.63, 3.8) is 0 Å². The van der Waals surface area contributed by atoms with Crippen LogP contribution in [0.25, 0.3) is 11.3 Å². The molecule has 5 rings (SSSR count). The second-order valence-electron chi connectivity index (χ2n) is 7.73. The van der Waals surface area contributed by atoms with Crippen molar-refractivity contribution < 1.29 is 13.9 Å². The van der Waals surface area contributed by atoms with Crippen molar-refractivity contribution in [2.45, 2.75) is 12.5 Å². The number of aromatic nitrogens is 3. The minimum Gasteiger partial charge on any atom is -0.457 e. The molecule has 1 aliphatic heterocycles. The highest BCUT2D eigenvalue weighted by Crippen LogP contribution is 2.27. The van der Waals surface area contributed by atoms with Crippen LogP contribution in [-0.4, -0.2) is 38.9 Å². The van der Waals surface area contributed by atoms with Gasteiger partial charge in [0, 0.05) is 24.2 Å². The molecule has 6 nitrogen and oxygen atoms in total. The third kappa shape index (κ3) is 4.23. The molecular formula is C25H21FN4O2. The van der Waals surface area contributed by atoms with Gasteiger partial charge in [0.2, 0.25) is 0 Å². The van der Waals surface area contributed by atoms with Gasteiger partial charge in [0.05, 0.1) is 12.2 Å². The van der Waals surface area contributed by atoms with Crippen LogP contribution in [0.2, 0.25) is 0 Å². The third-order valence-corrected chi connectivity index (χ3v) is 5.53. The SMILES string of the molecule is O=C(c1cccc(Oc2ccc(F)cc2)c1)N1CC[C@@H](n2cc(-c3ccccc3)nn2)C1. The van der Waals surface area contributed by atoms with E-state index < -0.39 is 0 Å². The van der Waals surface area contributed by atoms with Gasteiger partial charge in [0.15, 0.2) is 0 Å². The lowest BCUT2D eigenvalue weighted by atomic mass is 10.2. The first-order chi connectivity index (χ1) is 15.7. The highest BCUT2D eigenvalue weighted by molar-refractivity contribution is 5.94. The standard InChI is InChI=1S/C25H21FN4O2/c26-20-9-11-22(12-10-20)32-23-8-4-7-19(15-23)25(31)29-14-13-21(16-29)30-17-24(27-28-30)18-5-2-1-3-6-18/h1-12,15,17,21H,13-14,16H2/t21-/m1/s1. The van der Waals surface area contributed by atoms with Gasteiger partial charge in [-0.1, -0.05) is 41.6 Å². The van der Waals surface area contributed by atoms with Crippen molar-refractivity contribution >= 4 is 5.91 Å². The number of likely N-dealkylation sites (tertiary alicyclic amines) is 1. The fraction of sp³-hybridized carbons (Fsp3) is 0.160. The van der Waals surface area contributed by atoms with Crippen LogP contribution in [-0.2, 0) is 0 Å². The summed E-state index contributed by atoms with van der Waals surface area (Å²) in [5.74, 6) is 0.660. The zero-order valence-corrected chi connectivity index (χ0v) is 17.3. The fourth-order valence-corrected chi connectivity index (χ4v) is 3.85. The highest BCUT2D eigenvalue weighted by Gasteiger charge is 2.29. The average molecular weight is 428 g/mol. The van der Waals surface area contributed by atoms with Crippen molar-refractivity contribution in [3.8, 4) is 22.8 Å². The quantitative estimate of drug-likeness (QED) is 0.451. The van der Waals surface area contributed by atoms with Gasteiger partial charge in [-0.2, -0.15) is 0 Å². The van der Waals surface area contributed by atoms with Crippen molar-refractivity contribution in [1.82, 2.24) is 19.9 Å². The lowest BCUT2D eigenvalue weighted by Gasteiger charge is -2.17. The van der Waals surface area contributed by atoms with Crippen LogP contribution in [0.5, 0.6) is 11.5 Å². The molecule has 0 aliphatic carbocycles. The molecule has 0 N–H and O–H groups in total. The molecule has 0 saturated carbocycles. The molecule has 1 saturated heterocycles. The Hall–Kier alpha value is -4.00. The van der Waals surface area contributed by atoms with E-state index in [1.165, 1.54) is 12.1 Å². The Labute approximate surface area is 184 Å². The van der Waals surface area contributed by atoms with Crippen molar-refractivity contribution in [3.05, 3.63) is 96.4 Å². The van der Waals surface area contributed by atoms with E-state index in [1.807, 2.05) is 46.1 Å². The van der Waals surface area contributed by atoms with Gasteiger partial charge in [-0.3, -0.25) is 4.79 Å². The molecule has 1 fully saturated rings. The average Bonchev–Trinajstić information content (AvgIpc) is 3.51. The van der Waals surface area contributed by atoms with Gasteiger partial charge in [-0.25, -0.2) is 9.07 Å². The lowest BCUT2D eigenvalue weighted by Crippen LogP contribution is -2.29. The maximum atomic E-state index is 13.1. The summed E-state index contributed by atoms with van der Waals surface area (Å²) < 4.78 is 20.7. The molecular weight excluding hydrogens is 407 g/mol. The number of rotatable bonds is 5. The monoisotopic (exact) mass is 428 g/mol. The van der Waals surface area contributed by atoms with Crippen LogP contribution >= 0.6 is 0 Å². The van der Waals surface area contributed by atoms with Gasteiger partial charge < -0.3 is 9.64 Å². The predicted octanol–water partition coefficient (Wildman–Crippen LogP) is 4.96. The normalized spacial score (nSPS) is 15.7. The number of nitrogens with zero attached hydrogens (tertiary/aromatic N) is 4. The largest absolute Gasteiger partial charge is 0.457 e. The second-order valence-corrected chi connectivity index (χ2v) is 7.73. The molecule has 1 aliphatic rings. The number of carbonyl (C=O) groups excluding carboxylic acids is 1. The van der Waals surface area contributed by atoms with Crippen molar-refractivity contribution in [1.29, 1.82) is 0 Å². The molecule has 3 aromatic carbocycles. The molecule has 4 aromatic rings. The highest BCUT2D eigenvalue weighted by atomic mass is 19.1. The minimum absolute atomic E-state index is 0.0551. The Balaban J connectivity index is 1.26. The summed E-state index contributed by atoms with van der Waals surface area (Å²) in [6.07, 6.45) is 2.75. The van der Waals surface area contributed by atoms with E-state index in [0.717, 1.165) is 17.7 Å². The number of benzene rings is 3. The maximum Gasteiger partial charge on any atom is 0.254 e. The zero-order chi connectivity index (χ0) is 21.9. The first-order valence-electron chi connectivity index (χ1n) is 10.5. The fourth-order valence-electron chi connectivity index (χ4n) is 3.85. The smallest absolute Gasteiger partial charge is 0.254 e. The van der Waals surface area contributed by atoms with Gasteiger partial charge in [0.1, 0.15) is 23.0 Å². The Morgan fingerprint density at radius 3 is 2.59 bits per heavy atom. The van der Waals surface area contributed by atoms with Crippen LogP contribution < -0.4 is 4.74 Å². The summed E-state index contributed by atoms with van der Waals surface area (Å²) in [5.41, 5.74) is 2.39. The van der Waals surface area contributed by atoms with Crippen LogP contribution in [0.1, 0.15) is 22.8 Å². The number of halogens is 1. The van der Waals surface area contributed by atoms with Gasteiger partial charge in [0.25, 0.3) is 5.91 Å². The number of hydrogen-bond acceptors (Lipinski definition) is 4. The molecule has 0 unspecified atom stereocenters. The molecule has 0 spiro atoms. The molecule has 7 heteroatoms. The van der Waals surface area contributed by atoms with Crippen LogP contribution in [0, 0.1) is 5.82 Å². The number of ether oxygens (including phenoxy) is 1. The zero-order valence-electron chi connectivity index (χ0n) is 17.3. The lowest BCUT2D eigenvalue weighted by molar-refractivity contribution is 0.0786. The topological polar surface area (TPSA) is 60.2 Å². The van der Waals surface area contributed by atoms with Gasteiger partial charge in [-0.05, 0) is 48.9 Å². The van der Waals surface area contributed by atoms with Gasteiger partial charge in [-0.15, -0.1) is 5.10 Å². The Kier molecular flexibility index (Phi) is 5.37. The van der Waals surface area contributed by atoms with E-state index in [-0.39, 0.29) is 17.8 Å². The van der Waals surface area contributed by atoms with E-state index >= 15 is 0 Å². The first kappa shape index (κ1) is 19.9. The number of hydrogen-bond donors (Lipinski definition) is 0. The Morgan fingerprint density at radius 1 is 0.969 bits per heavy atom. The summed E-state index contributed by atoms with van der Waals surface area (Å²) in [6, 6.07) is 22.8. The minimum atomic E-state index is -0.326. The van der Waals surface area contributed by atoms with E-state index in [1.54, 1.807) is 36.4 Å². The summed E-state index contributed by atoms with van der Waals surface area (Å²) in [7, 11) is 0. The maximum absolute atomic E-state index is 13.1. The van der Waals surface area contributed by atoms with E-state index in [2.05, 4.69) is 10.3 Å². The molecule has 32 heavy (non-hydrogen) atoms. The molecule has 0 radical (unpaired) electrons. The molecule has 160 valence electrons. The van der Waals surface area contributed by atoms with Crippen molar-refractivity contribution in [2.75, 3.05) is 13.1 Å². The van der Waals surface area contributed by atoms with Crippen LogP contribution in [0.4, 0.5) is 4.39 Å². The summed E-state index contributed by atoms with van der Waals surface area (Å²) in [4.78, 5) is 14.9. The van der Waals surface area contributed by atoms with Crippen LogP contribution in [0.15, 0.2) is 85.1 Å².